The number of aromatic nitrogens is 2. The van der Waals surface area contributed by atoms with E-state index in [9.17, 15) is 4.79 Å². The summed E-state index contributed by atoms with van der Waals surface area (Å²) < 4.78 is 13.1. The lowest BCUT2D eigenvalue weighted by molar-refractivity contribution is 0.415. The molecule has 1 aliphatic rings. The maximum atomic E-state index is 12.5. The van der Waals surface area contributed by atoms with Crippen LogP contribution in [0.1, 0.15) is 24.8 Å². The van der Waals surface area contributed by atoms with E-state index in [-0.39, 0.29) is 5.56 Å². The normalized spacial score (nSPS) is 13.6. The van der Waals surface area contributed by atoms with Crippen molar-refractivity contribution < 1.29 is 9.15 Å². The first-order valence-electron chi connectivity index (χ1n) is 11.6. The van der Waals surface area contributed by atoms with E-state index in [1.807, 2.05) is 37.3 Å². The van der Waals surface area contributed by atoms with Crippen molar-refractivity contribution in [2.24, 2.45) is 0 Å². The largest absolute Gasteiger partial charge is 0.497 e. The fourth-order valence-corrected chi connectivity index (χ4v) is 4.30. The van der Waals surface area contributed by atoms with Crippen LogP contribution in [0.15, 0.2) is 76.2 Å². The van der Waals surface area contributed by atoms with Gasteiger partial charge < -0.3 is 19.4 Å². The molecule has 0 aliphatic carbocycles. The van der Waals surface area contributed by atoms with Gasteiger partial charge in [0, 0.05) is 48.4 Å². The molecule has 1 aliphatic heterocycles. The summed E-state index contributed by atoms with van der Waals surface area (Å²) in [5, 5.41) is 3.25. The lowest BCUT2D eigenvalue weighted by Gasteiger charge is -2.29. The van der Waals surface area contributed by atoms with Crippen molar-refractivity contribution in [2.75, 3.05) is 30.4 Å². The summed E-state index contributed by atoms with van der Waals surface area (Å²) in [6.45, 7) is 4.02. The van der Waals surface area contributed by atoms with Gasteiger partial charge in [-0.05, 0) is 62.1 Å². The second kappa shape index (κ2) is 9.47. The standard InChI is InChI=1S/C27H28N4O3/c1-19-9-10-23(33-2)17-24(19)29-27-28-18-25(34-27)20-14-21(30-11-5-3-6-12-30)16-22(15-20)31-13-7-4-8-26(31)32/h4,7-10,13-18H,3,5-6,11-12H2,1-2H3,(H,28,29). The zero-order chi connectivity index (χ0) is 23.5. The molecule has 7 nitrogen and oxygen atoms in total. The average Bonchev–Trinajstić information content (AvgIpc) is 3.34. The molecule has 0 saturated carbocycles. The number of nitrogens with zero attached hydrogens (tertiary/aromatic N) is 3. The fraction of sp³-hybridized carbons (Fsp3) is 0.259. The Labute approximate surface area is 198 Å². The van der Waals surface area contributed by atoms with E-state index in [1.54, 1.807) is 36.2 Å². The summed E-state index contributed by atoms with van der Waals surface area (Å²) in [6.07, 6.45) is 7.09. The second-order valence-corrected chi connectivity index (χ2v) is 8.53. The van der Waals surface area contributed by atoms with Crippen molar-refractivity contribution in [3.05, 3.63) is 82.9 Å². The zero-order valence-corrected chi connectivity index (χ0v) is 19.5. The first kappa shape index (κ1) is 21.8. The molecular formula is C27H28N4O3. The van der Waals surface area contributed by atoms with Crippen LogP contribution in [0.3, 0.4) is 0 Å². The minimum absolute atomic E-state index is 0.0716. The quantitative estimate of drug-likeness (QED) is 0.411. The third-order valence-corrected chi connectivity index (χ3v) is 6.20. The van der Waals surface area contributed by atoms with E-state index in [0.29, 0.717) is 11.8 Å². The molecule has 1 saturated heterocycles. The van der Waals surface area contributed by atoms with Crippen molar-refractivity contribution >= 4 is 17.4 Å². The SMILES string of the molecule is COc1ccc(C)c(Nc2ncc(-c3cc(N4CCCCC4)cc(-n4ccccc4=O)c3)o2)c1. The number of methoxy groups -OCH3 is 1. The maximum absolute atomic E-state index is 12.5. The Morgan fingerprint density at radius 3 is 2.62 bits per heavy atom. The molecule has 0 unspecified atom stereocenters. The number of hydrogen-bond donors (Lipinski definition) is 1. The number of benzene rings is 2. The fourth-order valence-electron chi connectivity index (χ4n) is 4.30. The third kappa shape index (κ3) is 4.55. The van der Waals surface area contributed by atoms with Crippen LogP contribution >= 0.6 is 0 Å². The molecule has 0 amide bonds. The highest BCUT2D eigenvalue weighted by atomic mass is 16.5. The smallest absolute Gasteiger partial charge is 0.299 e. The van der Waals surface area contributed by atoms with Gasteiger partial charge in [-0.3, -0.25) is 9.36 Å². The molecule has 0 radical (unpaired) electrons. The molecule has 3 heterocycles. The molecule has 0 bridgehead atoms. The van der Waals surface area contributed by atoms with Crippen LogP contribution in [0.2, 0.25) is 0 Å². The number of oxazole rings is 1. The lowest BCUT2D eigenvalue weighted by atomic mass is 10.1. The molecule has 1 fully saturated rings. The molecule has 0 spiro atoms. The van der Waals surface area contributed by atoms with Crippen LogP contribution in [0.25, 0.3) is 17.0 Å². The Kier molecular flexibility index (Phi) is 6.08. The van der Waals surface area contributed by atoms with Gasteiger partial charge in [0.1, 0.15) is 5.75 Å². The van der Waals surface area contributed by atoms with Gasteiger partial charge in [-0.2, -0.15) is 0 Å². The predicted molar refractivity (Wildman–Crippen MR) is 135 cm³/mol. The van der Waals surface area contributed by atoms with Gasteiger partial charge in [0.05, 0.1) is 19.0 Å². The van der Waals surface area contributed by atoms with E-state index in [2.05, 4.69) is 27.3 Å². The molecule has 5 rings (SSSR count). The van der Waals surface area contributed by atoms with Gasteiger partial charge in [-0.25, -0.2) is 4.98 Å². The Balaban J connectivity index is 1.52. The van der Waals surface area contributed by atoms with E-state index in [4.69, 9.17) is 9.15 Å². The Hall–Kier alpha value is -4.00. The first-order valence-corrected chi connectivity index (χ1v) is 11.6. The molecule has 34 heavy (non-hydrogen) atoms. The minimum Gasteiger partial charge on any atom is -0.497 e. The van der Waals surface area contributed by atoms with Crippen LogP contribution in [0, 0.1) is 6.92 Å². The summed E-state index contributed by atoms with van der Waals surface area (Å²) in [6, 6.07) is 17.6. The Morgan fingerprint density at radius 1 is 1.00 bits per heavy atom. The highest BCUT2D eigenvalue weighted by Crippen LogP contribution is 2.32. The number of pyridine rings is 1. The van der Waals surface area contributed by atoms with Gasteiger partial charge in [0.15, 0.2) is 5.76 Å². The number of hydrogen-bond acceptors (Lipinski definition) is 6. The number of rotatable bonds is 6. The Bertz CT molecular complexity index is 1350. The molecule has 7 heteroatoms. The van der Waals surface area contributed by atoms with Gasteiger partial charge in [0.2, 0.25) is 0 Å². The highest BCUT2D eigenvalue weighted by molar-refractivity contribution is 5.70. The Morgan fingerprint density at radius 2 is 1.82 bits per heavy atom. The average molecular weight is 457 g/mol. The van der Waals surface area contributed by atoms with Crippen molar-refractivity contribution in [3.8, 4) is 22.8 Å². The number of nitrogens with one attached hydrogen (secondary N) is 1. The second-order valence-electron chi connectivity index (χ2n) is 8.53. The summed E-state index contributed by atoms with van der Waals surface area (Å²) >= 11 is 0. The first-order chi connectivity index (χ1) is 16.6. The summed E-state index contributed by atoms with van der Waals surface area (Å²) in [7, 11) is 1.64. The summed E-state index contributed by atoms with van der Waals surface area (Å²) in [5.41, 5.74) is 4.61. The van der Waals surface area contributed by atoms with Crippen molar-refractivity contribution in [2.45, 2.75) is 26.2 Å². The van der Waals surface area contributed by atoms with Crippen LogP contribution in [-0.2, 0) is 0 Å². The topological polar surface area (TPSA) is 72.5 Å². The van der Waals surface area contributed by atoms with E-state index in [1.165, 1.54) is 19.3 Å². The minimum atomic E-state index is -0.0716. The molecule has 0 atom stereocenters. The lowest BCUT2D eigenvalue weighted by Crippen LogP contribution is -2.29. The monoisotopic (exact) mass is 456 g/mol. The molecular weight excluding hydrogens is 428 g/mol. The third-order valence-electron chi connectivity index (χ3n) is 6.20. The van der Waals surface area contributed by atoms with E-state index < -0.39 is 0 Å². The maximum Gasteiger partial charge on any atom is 0.299 e. The van der Waals surface area contributed by atoms with Crippen LogP contribution in [-0.4, -0.2) is 29.8 Å². The van der Waals surface area contributed by atoms with Gasteiger partial charge in [0.25, 0.3) is 11.6 Å². The summed E-state index contributed by atoms with van der Waals surface area (Å²) in [5.74, 6) is 1.39. The van der Waals surface area contributed by atoms with Gasteiger partial charge in [-0.1, -0.05) is 12.1 Å². The van der Waals surface area contributed by atoms with Gasteiger partial charge >= 0.3 is 0 Å². The molecule has 174 valence electrons. The van der Waals surface area contributed by atoms with Crippen LogP contribution in [0.4, 0.5) is 17.4 Å². The number of aryl methyl sites for hydroxylation is 1. The van der Waals surface area contributed by atoms with E-state index >= 15 is 0 Å². The highest BCUT2D eigenvalue weighted by Gasteiger charge is 2.16. The van der Waals surface area contributed by atoms with Crippen molar-refractivity contribution in [1.82, 2.24) is 9.55 Å². The number of ether oxygens (including phenoxy) is 1. The summed E-state index contributed by atoms with van der Waals surface area (Å²) in [4.78, 5) is 19.4. The zero-order valence-electron chi connectivity index (χ0n) is 19.5. The van der Waals surface area contributed by atoms with Crippen LogP contribution in [0.5, 0.6) is 5.75 Å². The molecule has 2 aromatic heterocycles. The number of anilines is 3. The van der Waals surface area contributed by atoms with Crippen molar-refractivity contribution in [1.29, 1.82) is 0 Å². The predicted octanol–water partition coefficient (Wildman–Crippen LogP) is 5.54. The van der Waals surface area contributed by atoms with E-state index in [0.717, 1.165) is 47.0 Å². The molecule has 4 aromatic rings. The molecule has 2 aromatic carbocycles. The van der Waals surface area contributed by atoms with Crippen LogP contribution < -0.4 is 20.5 Å². The van der Waals surface area contributed by atoms with Crippen molar-refractivity contribution in [3.63, 3.8) is 0 Å². The van der Waals surface area contributed by atoms with Gasteiger partial charge in [-0.15, -0.1) is 0 Å². The number of piperidine rings is 1. The molecule has 1 N–H and O–H groups in total.